The van der Waals surface area contributed by atoms with E-state index in [4.69, 9.17) is 5.73 Å². The minimum Gasteiger partial charge on any atom is -0.369 e. The molecule has 1 heterocycles. The Bertz CT molecular complexity index is 693. The fraction of sp³-hybridized carbons (Fsp3) is 0.500. The van der Waals surface area contributed by atoms with Gasteiger partial charge in [0.15, 0.2) is 0 Å². The number of rotatable bonds is 6. The minimum atomic E-state index is -3.18. The largest absolute Gasteiger partial charge is 0.369 e. The van der Waals surface area contributed by atoms with Crippen molar-refractivity contribution in [3.63, 3.8) is 0 Å². The van der Waals surface area contributed by atoms with E-state index >= 15 is 0 Å². The Kier molecular flexibility index (Phi) is 5.95. The third kappa shape index (κ3) is 4.78. The summed E-state index contributed by atoms with van der Waals surface area (Å²) in [6, 6.07) is 6.95. The lowest BCUT2D eigenvalue weighted by Crippen LogP contribution is -2.42. The van der Waals surface area contributed by atoms with Crippen LogP contribution in [0.5, 0.6) is 0 Å². The first-order valence-corrected chi connectivity index (χ1v) is 9.58. The molecule has 8 heteroatoms. The first kappa shape index (κ1) is 18.4. The summed E-state index contributed by atoms with van der Waals surface area (Å²) in [5.74, 6) is -0.619. The summed E-state index contributed by atoms with van der Waals surface area (Å²) < 4.78 is 25.1. The van der Waals surface area contributed by atoms with Crippen molar-refractivity contribution < 1.29 is 18.0 Å². The average molecular weight is 353 g/mol. The standard InChI is InChI=1S/C16H23N3O4S/c1-2-24(22,23)19-9-7-13(8-10-19)16(21)18-14-5-3-12(4-6-14)11-15(17)20/h3-6,13H,2,7-11H2,1H3,(H2,17,20)(H,18,21). The van der Waals surface area contributed by atoms with Crippen LogP contribution in [0.1, 0.15) is 25.3 Å². The van der Waals surface area contributed by atoms with Crippen LogP contribution in [-0.2, 0) is 26.0 Å². The van der Waals surface area contributed by atoms with Gasteiger partial charge < -0.3 is 11.1 Å². The lowest BCUT2D eigenvalue weighted by Gasteiger charge is -2.30. The topological polar surface area (TPSA) is 110 Å². The summed E-state index contributed by atoms with van der Waals surface area (Å²) in [4.78, 5) is 23.2. The molecule has 0 radical (unpaired) electrons. The average Bonchev–Trinajstić information content (AvgIpc) is 2.56. The van der Waals surface area contributed by atoms with Gasteiger partial charge in [-0.25, -0.2) is 12.7 Å². The zero-order valence-corrected chi connectivity index (χ0v) is 14.5. The van der Waals surface area contributed by atoms with Gasteiger partial charge in [-0.1, -0.05) is 12.1 Å². The number of anilines is 1. The van der Waals surface area contributed by atoms with E-state index in [1.807, 2.05) is 0 Å². The Balaban J connectivity index is 1.88. The van der Waals surface area contributed by atoms with Crippen molar-refractivity contribution in [2.45, 2.75) is 26.2 Å². The number of nitrogens with two attached hydrogens (primary N) is 1. The van der Waals surface area contributed by atoms with E-state index in [1.165, 1.54) is 4.31 Å². The van der Waals surface area contributed by atoms with Gasteiger partial charge in [0.05, 0.1) is 12.2 Å². The first-order valence-electron chi connectivity index (χ1n) is 7.97. The van der Waals surface area contributed by atoms with Gasteiger partial charge in [0, 0.05) is 24.7 Å². The molecule has 2 rings (SSSR count). The molecule has 0 unspecified atom stereocenters. The van der Waals surface area contributed by atoms with Gasteiger partial charge >= 0.3 is 0 Å². The number of primary amides is 1. The fourth-order valence-corrected chi connectivity index (χ4v) is 3.86. The van der Waals surface area contributed by atoms with E-state index in [9.17, 15) is 18.0 Å². The molecule has 2 amide bonds. The van der Waals surface area contributed by atoms with E-state index in [0.29, 0.717) is 31.6 Å². The zero-order valence-electron chi connectivity index (χ0n) is 13.7. The molecular weight excluding hydrogens is 330 g/mol. The first-order chi connectivity index (χ1) is 11.3. The molecule has 1 aromatic carbocycles. The van der Waals surface area contributed by atoms with Gasteiger partial charge in [-0.3, -0.25) is 9.59 Å². The third-order valence-corrected chi connectivity index (χ3v) is 6.06. The van der Waals surface area contributed by atoms with Gasteiger partial charge in [0.1, 0.15) is 0 Å². The number of carbonyl (C=O) groups excluding carboxylic acids is 2. The maximum atomic E-state index is 12.3. The number of carbonyl (C=O) groups is 2. The molecule has 0 saturated carbocycles. The second kappa shape index (κ2) is 7.76. The van der Waals surface area contributed by atoms with Crippen LogP contribution in [-0.4, -0.2) is 43.4 Å². The molecule has 1 aromatic rings. The van der Waals surface area contributed by atoms with Crippen molar-refractivity contribution in [3.05, 3.63) is 29.8 Å². The second-order valence-electron chi connectivity index (χ2n) is 5.90. The molecular formula is C16H23N3O4S. The highest BCUT2D eigenvalue weighted by Gasteiger charge is 2.30. The summed E-state index contributed by atoms with van der Waals surface area (Å²) in [7, 11) is -3.18. The predicted octanol–water partition coefficient (Wildman–Crippen LogP) is 0.715. The predicted molar refractivity (Wildman–Crippen MR) is 91.7 cm³/mol. The number of sulfonamides is 1. The normalized spacial score (nSPS) is 16.7. The third-order valence-electron chi connectivity index (χ3n) is 4.18. The highest BCUT2D eigenvalue weighted by Crippen LogP contribution is 2.22. The number of amides is 2. The SMILES string of the molecule is CCS(=O)(=O)N1CCC(C(=O)Nc2ccc(CC(N)=O)cc2)CC1. The Morgan fingerprint density at radius 3 is 2.29 bits per heavy atom. The summed E-state index contributed by atoms with van der Waals surface area (Å²) in [5, 5.41) is 2.84. The van der Waals surface area contributed by atoms with Crippen LogP contribution in [0.15, 0.2) is 24.3 Å². The van der Waals surface area contributed by atoms with Gasteiger partial charge in [-0.05, 0) is 37.5 Å². The van der Waals surface area contributed by atoms with Crippen LogP contribution >= 0.6 is 0 Å². The molecule has 24 heavy (non-hydrogen) atoms. The second-order valence-corrected chi connectivity index (χ2v) is 8.16. The molecule has 0 bridgehead atoms. The summed E-state index contributed by atoms with van der Waals surface area (Å²) in [5.41, 5.74) is 6.58. The lowest BCUT2D eigenvalue weighted by molar-refractivity contribution is -0.121. The van der Waals surface area contributed by atoms with Crippen molar-refractivity contribution in [2.75, 3.05) is 24.2 Å². The number of piperidine rings is 1. The van der Waals surface area contributed by atoms with Crippen LogP contribution in [0.4, 0.5) is 5.69 Å². The van der Waals surface area contributed by atoms with Crippen LogP contribution in [0, 0.1) is 5.92 Å². The van der Waals surface area contributed by atoms with Gasteiger partial charge in [0.25, 0.3) is 0 Å². The molecule has 0 aliphatic carbocycles. The Hall–Kier alpha value is -1.93. The maximum absolute atomic E-state index is 12.3. The number of benzene rings is 1. The molecule has 1 fully saturated rings. The van der Waals surface area contributed by atoms with Crippen molar-refractivity contribution in [2.24, 2.45) is 11.7 Å². The molecule has 7 nitrogen and oxygen atoms in total. The van der Waals surface area contributed by atoms with Gasteiger partial charge in [-0.2, -0.15) is 0 Å². The fourth-order valence-electron chi connectivity index (χ4n) is 2.73. The number of hydrogen-bond acceptors (Lipinski definition) is 4. The van der Waals surface area contributed by atoms with Crippen molar-refractivity contribution in [1.29, 1.82) is 0 Å². The van der Waals surface area contributed by atoms with Crippen LogP contribution in [0.25, 0.3) is 0 Å². The van der Waals surface area contributed by atoms with E-state index in [0.717, 1.165) is 5.56 Å². The molecule has 1 aliphatic rings. The highest BCUT2D eigenvalue weighted by molar-refractivity contribution is 7.89. The Morgan fingerprint density at radius 1 is 1.21 bits per heavy atom. The Labute approximate surface area is 142 Å². The summed E-state index contributed by atoms with van der Waals surface area (Å²) in [6.07, 6.45) is 1.20. The quantitative estimate of drug-likeness (QED) is 0.785. The summed E-state index contributed by atoms with van der Waals surface area (Å²) >= 11 is 0. The molecule has 1 aliphatic heterocycles. The molecule has 0 atom stereocenters. The minimum absolute atomic E-state index is 0.0848. The smallest absolute Gasteiger partial charge is 0.227 e. The Morgan fingerprint density at radius 2 is 1.79 bits per heavy atom. The van der Waals surface area contributed by atoms with Crippen LogP contribution in [0.2, 0.25) is 0 Å². The highest BCUT2D eigenvalue weighted by atomic mass is 32.2. The number of nitrogens with zero attached hydrogens (tertiary/aromatic N) is 1. The number of hydrogen-bond donors (Lipinski definition) is 2. The zero-order chi connectivity index (χ0) is 17.7. The van der Waals surface area contributed by atoms with E-state index in [1.54, 1.807) is 31.2 Å². The van der Waals surface area contributed by atoms with Gasteiger partial charge in [0.2, 0.25) is 21.8 Å². The van der Waals surface area contributed by atoms with Crippen LogP contribution in [0.3, 0.4) is 0 Å². The van der Waals surface area contributed by atoms with E-state index < -0.39 is 15.9 Å². The number of nitrogens with one attached hydrogen (secondary N) is 1. The summed E-state index contributed by atoms with van der Waals surface area (Å²) in [6.45, 7) is 2.38. The van der Waals surface area contributed by atoms with Crippen molar-refractivity contribution >= 4 is 27.5 Å². The molecule has 0 spiro atoms. The van der Waals surface area contributed by atoms with Crippen LogP contribution < -0.4 is 11.1 Å². The monoisotopic (exact) mass is 353 g/mol. The molecule has 132 valence electrons. The lowest BCUT2D eigenvalue weighted by atomic mass is 9.97. The van der Waals surface area contributed by atoms with E-state index in [-0.39, 0.29) is 24.0 Å². The van der Waals surface area contributed by atoms with E-state index in [2.05, 4.69) is 5.32 Å². The van der Waals surface area contributed by atoms with Gasteiger partial charge in [-0.15, -0.1) is 0 Å². The van der Waals surface area contributed by atoms with Crippen molar-refractivity contribution in [1.82, 2.24) is 4.31 Å². The molecule has 3 N–H and O–H groups in total. The molecule has 0 aromatic heterocycles. The van der Waals surface area contributed by atoms with Crippen molar-refractivity contribution in [3.8, 4) is 0 Å². The maximum Gasteiger partial charge on any atom is 0.227 e. The molecule has 1 saturated heterocycles.